The maximum atomic E-state index is 12.9. The van der Waals surface area contributed by atoms with Crippen LogP contribution in [0.5, 0.6) is 5.75 Å². The van der Waals surface area contributed by atoms with E-state index in [0.29, 0.717) is 25.4 Å². The van der Waals surface area contributed by atoms with Crippen LogP contribution in [0.15, 0.2) is 24.3 Å². The van der Waals surface area contributed by atoms with Crippen molar-refractivity contribution in [1.29, 1.82) is 0 Å². The molecule has 2 saturated heterocycles. The molecule has 3 atom stereocenters. The Hall–Kier alpha value is -2.08. The fourth-order valence-electron chi connectivity index (χ4n) is 3.40. The van der Waals surface area contributed by atoms with E-state index >= 15 is 0 Å². The second-order valence-electron chi connectivity index (χ2n) is 6.56. The SMILES string of the molecule is COc1ccccc1N1CC(C(=O)N2CC(C)OCC2C)CC1=O. The molecule has 6 heteroatoms. The van der Waals surface area contributed by atoms with Crippen LogP contribution >= 0.6 is 0 Å². The van der Waals surface area contributed by atoms with Gasteiger partial charge in [-0.05, 0) is 26.0 Å². The van der Waals surface area contributed by atoms with E-state index < -0.39 is 0 Å². The quantitative estimate of drug-likeness (QED) is 0.845. The van der Waals surface area contributed by atoms with Gasteiger partial charge in [0.1, 0.15) is 5.75 Å². The molecule has 2 aliphatic heterocycles. The van der Waals surface area contributed by atoms with Gasteiger partial charge in [0.25, 0.3) is 0 Å². The van der Waals surface area contributed by atoms with Crippen molar-refractivity contribution >= 4 is 17.5 Å². The van der Waals surface area contributed by atoms with Gasteiger partial charge >= 0.3 is 0 Å². The van der Waals surface area contributed by atoms with Gasteiger partial charge in [-0.25, -0.2) is 0 Å². The molecule has 24 heavy (non-hydrogen) atoms. The lowest BCUT2D eigenvalue weighted by Gasteiger charge is -2.38. The number of morpholine rings is 1. The van der Waals surface area contributed by atoms with Gasteiger partial charge < -0.3 is 19.3 Å². The largest absolute Gasteiger partial charge is 0.495 e. The lowest BCUT2D eigenvalue weighted by Crippen LogP contribution is -2.52. The molecule has 0 aliphatic carbocycles. The molecular weight excluding hydrogens is 308 g/mol. The van der Waals surface area contributed by atoms with Gasteiger partial charge in [-0.1, -0.05) is 12.1 Å². The third-order valence-corrected chi connectivity index (χ3v) is 4.74. The van der Waals surface area contributed by atoms with Crippen LogP contribution in [-0.4, -0.2) is 55.7 Å². The Morgan fingerprint density at radius 3 is 2.75 bits per heavy atom. The first kappa shape index (κ1) is 16.8. The molecule has 0 N–H and O–H groups in total. The maximum absolute atomic E-state index is 12.9. The number of hydrogen-bond donors (Lipinski definition) is 0. The van der Waals surface area contributed by atoms with Crippen LogP contribution in [0.2, 0.25) is 0 Å². The highest BCUT2D eigenvalue weighted by atomic mass is 16.5. The molecule has 2 aliphatic rings. The summed E-state index contributed by atoms with van der Waals surface area (Å²) in [6, 6.07) is 7.45. The predicted molar refractivity (Wildman–Crippen MR) is 90.0 cm³/mol. The average molecular weight is 332 g/mol. The third kappa shape index (κ3) is 3.11. The maximum Gasteiger partial charge on any atom is 0.228 e. The van der Waals surface area contributed by atoms with Crippen molar-refractivity contribution in [1.82, 2.24) is 4.90 Å². The van der Waals surface area contributed by atoms with Crippen molar-refractivity contribution < 1.29 is 19.1 Å². The van der Waals surface area contributed by atoms with Crippen LogP contribution in [-0.2, 0) is 14.3 Å². The molecule has 2 fully saturated rings. The molecule has 1 aromatic rings. The monoisotopic (exact) mass is 332 g/mol. The standard InChI is InChI=1S/C18H24N2O4/c1-12-11-24-13(2)9-19(12)18(22)14-8-17(21)20(10-14)15-6-4-5-7-16(15)23-3/h4-7,12-14H,8-11H2,1-3H3. The summed E-state index contributed by atoms with van der Waals surface area (Å²) in [5, 5.41) is 0. The van der Waals surface area contributed by atoms with Gasteiger partial charge in [0.15, 0.2) is 0 Å². The van der Waals surface area contributed by atoms with Crippen molar-refractivity contribution in [3.05, 3.63) is 24.3 Å². The highest BCUT2D eigenvalue weighted by Crippen LogP contribution is 2.33. The highest BCUT2D eigenvalue weighted by Gasteiger charge is 2.40. The van der Waals surface area contributed by atoms with Crippen molar-refractivity contribution in [2.45, 2.75) is 32.4 Å². The molecule has 0 radical (unpaired) electrons. The second kappa shape index (κ2) is 6.81. The molecule has 6 nitrogen and oxygen atoms in total. The summed E-state index contributed by atoms with van der Waals surface area (Å²) in [5.41, 5.74) is 0.726. The van der Waals surface area contributed by atoms with Gasteiger partial charge in [-0.15, -0.1) is 0 Å². The summed E-state index contributed by atoms with van der Waals surface area (Å²) >= 11 is 0. The van der Waals surface area contributed by atoms with Gasteiger partial charge in [0.05, 0.1) is 37.5 Å². The number of methoxy groups -OCH3 is 1. The number of benzene rings is 1. The molecule has 2 amide bonds. The van der Waals surface area contributed by atoms with Crippen LogP contribution in [0.1, 0.15) is 20.3 Å². The molecule has 130 valence electrons. The van der Waals surface area contributed by atoms with Gasteiger partial charge in [0.2, 0.25) is 11.8 Å². The zero-order valence-corrected chi connectivity index (χ0v) is 14.4. The number of amides is 2. The number of carbonyl (C=O) groups excluding carboxylic acids is 2. The van der Waals surface area contributed by atoms with E-state index in [2.05, 4.69) is 0 Å². The highest BCUT2D eigenvalue weighted by molar-refractivity contribution is 6.01. The Morgan fingerprint density at radius 1 is 1.25 bits per heavy atom. The Morgan fingerprint density at radius 2 is 2.00 bits per heavy atom. The van der Waals surface area contributed by atoms with Crippen LogP contribution in [0.3, 0.4) is 0 Å². The first-order valence-electron chi connectivity index (χ1n) is 8.36. The molecule has 1 aromatic carbocycles. The number of para-hydroxylation sites is 2. The minimum Gasteiger partial charge on any atom is -0.495 e. The number of hydrogen-bond acceptors (Lipinski definition) is 4. The minimum atomic E-state index is -0.310. The van der Waals surface area contributed by atoms with E-state index in [9.17, 15) is 9.59 Å². The van der Waals surface area contributed by atoms with Crippen molar-refractivity contribution in [3.63, 3.8) is 0 Å². The summed E-state index contributed by atoms with van der Waals surface area (Å²) in [5.74, 6) is 0.345. The van der Waals surface area contributed by atoms with E-state index in [4.69, 9.17) is 9.47 Å². The van der Waals surface area contributed by atoms with Crippen LogP contribution < -0.4 is 9.64 Å². The van der Waals surface area contributed by atoms with Crippen LogP contribution in [0.25, 0.3) is 0 Å². The molecule has 0 saturated carbocycles. The fraction of sp³-hybridized carbons (Fsp3) is 0.556. The zero-order valence-electron chi connectivity index (χ0n) is 14.4. The predicted octanol–water partition coefficient (Wildman–Crippen LogP) is 1.68. The van der Waals surface area contributed by atoms with Crippen molar-refractivity contribution in [2.24, 2.45) is 5.92 Å². The summed E-state index contributed by atoms with van der Waals surface area (Å²) in [6.07, 6.45) is 0.280. The lowest BCUT2D eigenvalue weighted by atomic mass is 10.0. The first-order chi connectivity index (χ1) is 11.5. The van der Waals surface area contributed by atoms with E-state index in [1.807, 2.05) is 43.0 Å². The fourth-order valence-corrected chi connectivity index (χ4v) is 3.40. The first-order valence-corrected chi connectivity index (χ1v) is 8.36. The zero-order chi connectivity index (χ0) is 17.3. The molecule has 0 aromatic heterocycles. The number of rotatable bonds is 3. The third-order valence-electron chi connectivity index (χ3n) is 4.74. The molecule has 0 spiro atoms. The molecule has 3 unspecified atom stereocenters. The summed E-state index contributed by atoms with van der Waals surface area (Å²) in [7, 11) is 1.58. The Labute approximate surface area is 142 Å². The molecule has 3 rings (SSSR count). The van der Waals surface area contributed by atoms with Crippen molar-refractivity contribution in [2.75, 3.05) is 31.7 Å². The number of nitrogens with zero attached hydrogens (tertiary/aromatic N) is 2. The van der Waals surface area contributed by atoms with Crippen LogP contribution in [0.4, 0.5) is 5.69 Å². The number of carbonyl (C=O) groups is 2. The van der Waals surface area contributed by atoms with Crippen molar-refractivity contribution in [3.8, 4) is 5.75 Å². The van der Waals surface area contributed by atoms with Gasteiger partial charge in [-0.3, -0.25) is 9.59 Å². The second-order valence-corrected chi connectivity index (χ2v) is 6.56. The number of anilines is 1. The average Bonchev–Trinajstić information content (AvgIpc) is 2.98. The summed E-state index contributed by atoms with van der Waals surface area (Å²) < 4.78 is 10.9. The molecule has 2 heterocycles. The number of ether oxygens (including phenoxy) is 2. The van der Waals surface area contributed by atoms with Gasteiger partial charge in [-0.2, -0.15) is 0 Å². The molecular formula is C18H24N2O4. The van der Waals surface area contributed by atoms with E-state index in [-0.39, 0.29) is 36.3 Å². The Balaban J connectivity index is 1.76. The normalized spacial score (nSPS) is 27.5. The smallest absolute Gasteiger partial charge is 0.228 e. The van der Waals surface area contributed by atoms with E-state index in [0.717, 1.165) is 5.69 Å². The topological polar surface area (TPSA) is 59.1 Å². The molecule has 0 bridgehead atoms. The van der Waals surface area contributed by atoms with Crippen LogP contribution in [0, 0.1) is 5.92 Å². The summed E-state index contributed by atoms with van der Waals surface area (Å²) in [4.78, 5) is 28.9. The lowest BCUT2D eigenvalue weighted by molar-refractivity contribution is -0.147. The van der Waals surface area contributed by atoms with Gasteiger partial charge in [0, 0.05) is 19.5 Å². The van der Waals surface area contributed by atoms with E-state index in [1.54, 1.807) is 12.0 Å². The van der Waals surface area contributed by atoms with E-state index in [1.165, 1.54) is 0 Å². The summed E-state index contributed by atoms with van der Waals surface area (Å²) in [6.45, 7) is 5.48. The Bertz CT molecular complexity index is 633. The Kier molecular flexibility index (Phi) is 4.76. The minimum absolute atomic E-state index is 0.0348.